The third-order valence-electron chi connectivity index (χ3n) is 5.54. The molecule has 174 valence electrons. The number of carbonyl (C=O) groups excluding carboxylic acids is 1. The molecule has 1 aliphatic heterocycles. The van der Waals surface area contributed by atoms with Gasteiger partial charge in [-0.2, -0.15) is 0 Å². The van der Waals surface area contributed by atoms with E-state index in [0.717, 1.165) is 11.3 Å². The highest BCUT2D eigenvalue weighted by Crippen LogP contribution is 2.26. The largest absolute Gasteiger partial charge is 0.491 e. The maximum Gasteiger partial charge on any atom is 0.223 e. The molecule has 6 nitrogen and oxygen atoms in total. The Labute approximate surface area is 199 Å². The van der Waals surface area contributed by atoms with Crippen LogP contribution in [0.4, 0.5) is 0 Å². The van der Waals surface area contributed by atoms with Gasteiger partial charge in [0, 0.05) is 19.0 Å². The Kier molecular flexibility index (Phi) is 8.44. The van der Waals surface area contributed by atoms with Crippen LogP contribution in [0.3, 0.4) is 0 Å². The summed E-state index contributed by atoms with van der Waals surface area (Å²) in [6, 6.07) is 10.8. The summed E-state index contributed by atoms with van der Waals surface area (Å²) in [5.74, 6) is 0.407. The van der Waals surface area contributed by atoms with Crippen molar-refractivity contribution in [3.63, 3.8) is 0 Å². The molecule has 0 unspecified atom stereocenters. The Morgan fingerprint density at radius 1 is 1.09 bits per heavy atom. The SMILES string of the molecule is Cc1ccc(OCCNC(=O)C2CCN(S(=O)(=O)Cc3ccc(Cl)c(Cl)c3)CC2)c(C)c1. The maximum atomic E-state index is 12.8. The molecule has 1 N–H and O–H groups in total. The molecule has 1 heterocycles. The van der Waals surface area contributed by atoms with E-state index >= 15 is 0 Å². The van der Waals surface area contributed by atoms with Crippen LogP contribution < -0.4 is 10.1 Å². The van der Waals surface area contributed by atoms with E-state index in [1.54, 1.807) is 18.2 Å². The van der Waals surface area contributed by atoms with Crippen molar-refractivity contribution in [1.82, 2.24) is 9.62 Å². The molecular formula is C23H28Cl2N2O4S. The molecule has 1 amide bonds. The van der Waals surface area contributed by atoms with Gasteiger partial charge in [-0.25, -0.2) is 12.7 Å². The van der Waals surface area contributed by atoms with Crippen LogP contribution in [-0.2, 0) is 20.6 Å². The molecule has 0 radical (unpaired) electrons. The van der Waals surface area contributed by atoms with Crippen LogP contribution in [0, 0.1) is 19.8 Å². The predicted molar refractivity (Wildman–Crippen MR) is 128 cm³/mol. The zero-order valence-electron chi connectivity index (χ0n) is 18.2. The number of piperidine rings is 1. The summed E-state index contributed by atoms with van der Waals surface area (Å²) in [5.41, 5.74) is 2.82. The molecular weight excluding hydrogens is 471 g/mol. The average Bonchev–Trinajstić information content (AvgIpc) is 2.75. The van der Waals surface area contributed by atoms with Gasteiger partial charge in [0.25, 0.3) is 0 Å². The van der Waals surface area contributed by atoms with Crippen molar-refractivity contribution < 1.29 is 17.9 Å². The van der Waals surface area contributed by atoms with E-state index in [2.05, 4.69) is 11.4 Å². The Hall–Kier alpha value is -1.80. The Morgan fingerprint density at radius 2 is 1.81 bits per heavy atom. The highest BCUT2D eigenvalue weighted by Gasteiger charge is 2.31. The average molecular weight is 499 g/mol. The first-order chi connectivity index (χ1) is 15.2. The van der Waals surface area contributed by atoms with Crippen LogP contribution in [-0.4, -0.2) is 44.9 Å². The number of aryl methyl sites for hydroxylation is 2. The molecule has 0 atom stereocenters. The van der Waals surface area contributed by atoms with Gasteiger partial charge >= 0.3 is 0 Å². The number of ether oxygens (including phenoxy) is 1. The summed E-state index contributed by atoms with van der Waals surface area (Å²) in [4.78, 5) is 12.5. The molecule has 0 bridgehead atoms. The molecule has 32 heavy (non-hydrogen) atoms. The normalized spacial score (nSPS) is 15.5. The van der Waals surface area contributed by atoms with Gasteiger partial charge in [-0.1, -0.05) is 47.0 Å². The quantitative estimate of drug-likeness (QED) is 0.549. The molecule has 1 saturated heterocycles. The summed E-state index contributed by atoms with van der Waals surface area (Å²) >= 11 is 11.9. The molecule has 0 aliphatic carbocycles. The third kappa shape index (κ3) is 6.61. The van der Waals surface area contributed by atoms with E-state index in [1.807, 2.05) is 26.0 Å². The smallest absolute Gasteiger partial charge is 0.223 e. The lowest BCUT2D eigenvalue weighted by Crippen LogP contribution is -2.43. The second kappa shape index (κ2) is 10.9. The van der Waals surface area contributed by atoms with Gasteiger partial charge in [-0.05, 0) is 56.0 Å². The van der Waals surface area contributed by atoms with Crippen molar-refractivity contribution >= 4 is 39.1 Å². The Bertz CT molecular complexity index is 1070. The first-order valence-corrected chi connectivity index (χ1v) is 12.9. The van der Waals surface area contributed by atoms with Crippen LogP contribution in [0.2, 0.25) is 10.0 Å². The number of nitrogens with zero attached hydrogens (tertiary/aromatic N) is 1. The standard InChI is InChI=1S/C23H28Cl2N2O4S/c1-16-3-6-22(17(2)13-16)31-12-9-26-23(28)19-7-10-27(11-8-19)32(29,30)15-18-4-5-20(24)21(25)14-18/h3-6,13-14,19H,7-12,15H2,1-2H3,(H,26,28). The molecule has 3 rings (SSSR count). The van der Waals surface area contributed by atoms with Gasteiger partial charge in [-0.3, -0.25) is 4.79 Å². The number of amides is 1. The Morgan fingerprint density at radius 3 is 2.47 bits per heavy atom. The maximum absolute atomic E-state index is 12.8. The number of nitrogens with one attached hydrogen (secondary N) is 1. The van der Waals surface area contributed by atoms with E-state index in [4.69, 9.17) is 27.9 Å². The second-order valence-electron chi connectivity index (χ2n) is 8.09. The zero-order chi connectivity index (χ0) is 23.3. The van der Waals surface area contributed by atoms with Crippen molar-refractivity contribution in [3.8, 4) is 5.75 Å². The zero-order valence-corrected chi connectivity index (χ0v) is 20.6. The Balaban J connectivity index is 1.43. The highest BCUT2D eigenvalue weighted by molar-refractivity contribution is 7.88. The van der Waals surface area contributed by atoms with E-state index in [1.165, 1.54) is 9.87 Å². The number of sulfonamides is 1. The minimum Gasteiger partial charge on any atom is -0.491 e. The second-order valence-corrected chi connectivity index (χ2v) is 10.9. The molecule has 2 aromatic rings. The number of hydrogen-bond donors (Lipinski definition) is 1. The number of carbonyl (C=O) groups is 1. The summed E-state index contributed by atoms with van der Waals surface area (Å²) in [6.45, 7) is 5.45. The molecule has 1 aliphatic rings. The first-order valence-electron chi connectivity index (χ1n) is 10.6. The minimum atomic E-state index is -3.49. The summed E-state index contributed by atoms with van der Waals surface area (Å²) in [6.07, 6.45) is 0.981. The van der Waals surface area contributed by atoms with Gasteiger partial charge in [0.05, 0.1) is 22.3 Å². The fourth-order valence-electron chi connectivity index (χ4n) is 3.77. The molecule has 0 saturated carbocycles. The van der Waals surface area contributed by atoms with Gasteiger partial charge in [0.1, 0.15) is 12.4 Å². The van der Waals surface area contributed by atoms with Gasteiger partial charge < -0.3 is 10.1 Å². The molecule has 0 spiro atoms. The van der Waals surface area contributed by atoms with E-state index in [0.29, 0.717) is 54.7 Å². The van der Waals surface area contributed by atoms with Crippen LogP contribution in [0.1, 0.15) is 29.5 Å². The third-order valence-corrected chi connectivity index (χ3v) is 8.13. The number of halogens is 2. The van der Waals surface area contributed by atoms with Crippen molar-refractivity contribution in [1.29, 1.82) is 0 Å². The summed E-state index contributed by atoms with van der Waals surface area (Å²) in [7, 11) is -3.49. The van der Waals surface area contributed by atoms with Gasteiger partial charge in [0.2, 0.25) is 15.9 Å². The topological polar surface area (TPSA) is 75.7 Å². The molecule has 1 fully saturated rings. The summed E-state index contributed by atoms with van der Waals surface area (Å²) < 4.78 is 32.7. The van der Waals surface area contributed by atoms with Crippen LogP contribution in [0.5, 0.6) is 5.75 Å². The fraction of sp³-hybridized carbons (Fsp3) is 0.435. The van der Waals surface area contributed by atoms with E-state index < -0.39 is 10.0 Å². The van der Waals surface area contributed by atoms with Crippen LogP contribution >= 0.6 is 23.2 Å². The fourth-order valence-corrected chi connectivity index (χ4v) is 5.64. The van der Waals surface area contributed by atoms with E-state index in [9.17, 15) is 13.2 Å². The number of rotatable bonds is 8. The number of benzene rings is 2. The molecule has 9 heteroatoms. The monoisotopic (exact) mass is 498 g/mol. The van der Waals surface area contributed by atoms with Crippen molar-refractivity contribution in [2.24, 2.45) is 5.92 Å². The predicted octanol–water partition coefficient (Wildman–Crippen LogP) is 4.35. The number of hydrogen-bond acceptors (Lipinski definition) is 4. The lowest BCUT2D eigenvalue weighted by Gasteiger charge is -2.30. The van der Waals surface area contributed by atoms with Gasteiger partial charge in [0.15, 0.2) is 0 Å². The van der Waals surface area contributed by atoms with E-state index in [-0.39, 0.29) is 17.6 Å². The van der Waals surface area contributed by atoms with Gasteiger partial charge in [-0.15, -0.1) is 0 Å². The lowest BCUT2D eigenvalue weighted by atomic mass is 9.97. The van der Waals surface area contributed by atoms with Crippen LogP contribution in [0.15, 0.2) is 36.4 Å². The van der Waals surface area contributed by atoms with Crippen LogP contribution in [0.25, 0.3) is 0 Å². The molecule has 2 aromatic carbocycles. The van der Waals surface area contributed by atoms with Crippen molar-refractivity contribution in [2.45, 2.75) is 32.4 Å². The molecule has 0 aromatic heterocycles. The summed E-state index contributed by atoms with van der Waals surface area (Å²) in [5, 5.41) is 3.62. The van der Waals surface area contributed by atoms with Crippen molar-refractivity contribution in [3.05, 3.63) is 63.1 Å². The first kappa shape index (κ1) is 24.8. The van der Waals surface area contributed by atoms with Crippen molar-refractivity contribution in [2.75, 3.05) is 26.2 Å². The lowest BCUT2D eigenvalue weighted by molar-refractivity contribution is -0.126. The minimum absolute atomic E-state index is 0.0595. The highest BCUT2D eigenvalue weighted by atomic mass is 35.5.